The Morgan fingerprint density at radius 3 is 2.78 bits per heavy atom. The summed E-state index contributed by atoms with van der Waals surface area (Å²) in [6.07, 6.45) is 2.84. The highest BCUT2D eigenvalue weighted by atomic mass is 16.5. The molecule has 1 atom stereocenters. The minimum Gasteiger partial charge on any atom is -0.508 e. The molecule has 2 N–H and O–H groups in total. The zero-order valence-electron chi connectivity index (χ0n) is 13.4. The van der Waals surface area contributed by atoms with Crippen LogP contribution in [0.15, 0.2) is 36.4 Å². The van der Waals surface area contributed by atoms with E-state index in [1.165, 1.54) is 18.1 Å². The molecule has 1 aliphatic carbocycles. The number of rotatable bonds is 3. The molecule has 4 nitrogen and oxygen atoms in total. The Hall–Kier alpha value is -2.49. The van der Waals surface area contributed by atoms with Crippen LogP contribution in [0.4, 0.5) is 5.69 Å². The third kappa shape index (κ3) is 3.31. The maximum absolute atomic E-state index is 11.5. The van der Waals surface area contributed by atoms with E-state index in [0.29, 0.717) is 11.7 Å². The van der Waals surface area contributed by atoms with Crippen LogP contribution in [0, 0.1) is 0 Å². The van der Waals surface area contributed by atoms with Crippen LogP contribution in [0.3, 0.4) is 0 Å². The molecule has 0 aliphatic heterocycles. The van der Waals surface area contributed by atoms with Gasteiger partial charge in [-0.25, -0.2) is 0 Å². The monoisotopic (exact) mass is 311 g/mol. The average Bonchev–Trinajstić information content (AvgIpc) is 2.53. The van der Waals surface area contributed by atoms with E-state index in [1.807, 2.05) is 30.3 Å². The summed E-state index contributed by atoms with van der Waals surface area (Å²) in [4.78, 5) is 11.5. The minimum atomic E-state index is -0.0827. The predicted molar refractivity (Wildman–Crippen MR) is 90.2 cm³/mol. The van der Waals surface area contributed by atoms with Crippen LogP contribution in [-0.2, 0) is 17.6 Å². The van der Waals surface area contributed by atoms with E-state index in [4.69, 9.17) is 4.74 Å². The number of hydrogen-bond acceptors (Lipinski definition) is 3. The van der Waals surface area contributed by atoms with Gasteiger partial charge in [0.15, 0.2) is 0 Å². The lowest BCUT2D eigenvalue weighted by atomic mass is 9.79. The van der Waals surface area contributed by atoms with Crippen LogP contribution in [0.25, 0.3) is 0 Å². The number of hydrogen-bond donors (Lipinski definition) is 2. The number of benzene rings is 2. The van der Waals surface area contributed by atoms with E-state index in [0.717, 1.165) is 36.3 Å². The molecule has 0 fully saturated rings. The number of methoxy groups -OCH3 is 1. The largest absolute Gasteiger partial charge is 0.508 e. The minimum absolute atomic E-state index is 0.0827. The number of nitrogens with one attached hydrogen (secondary N) is 1. The number of amides is 1. The first-order valence-electron chi connectivity index (χ1n) is 7.83. The zero-order valence-corrected chi connectivity index (χ0v) is 13.4. The Morgan fingerprint density at radius 2 is 2.04 bits per heavy atom. The van der Waals surface area contributed by atoms with Crippen LogP contribution in [0.1, 0.15) is 36.0 Å². The van der Waals surface area contributed by atoms with Gasteiger partial charge in [-0.05, 0) is 60.1 Å². The van der Waals surface area contributed by atoms with Crippen LogP contribution in [0.5, 0.6) is 11.5 Å². The molecule has 2 aromatic rings. The van der Waals surface area contributed by atoms with Gasteiger partial charge in [0.25, 0.3) is 0 Å². The number of carbonyl (C=O) groups is 1. The second-order valence-corrected chi connectivity index (χ2v) is 6.03. The van der Waals surface area contributed by atoms with Gasteiger partial charge in [-0.1, -0.05) is 12.1 Å². The van der Waals surface area contributed by atoms with Crippen LogP contribution in [-0.4, -0.2) is 18.1 Å². The summed E-state index contributed by atoms with van der Waals surface area (Å²) >= 11 is 0. The van der Waals surface area contributed by atoms with Gasteiger partial charge < -0.3 is 15.2 Å². The first-order chi connectivity index (χ1) is 11.1. The Labute approximate surface area is 136 Å². The van der Waals surface area contributed by atoms with Gasteiger partial charge in [-0.15, -0.1) is 0 Å². The summed E-state index contributed by atoms with van der Waals surface area (Å²) < 4.78 is 5.27. The van der Waals surface area contributed by atoms with Crippen molar-refractivity contribution in [3.8, 4) is 11.5 Å². The van der Waals surface area contributed by atoms with Crippen molar-refractivity contribution in [2.24, 2.45) is 0 Å². The maximum Gasteiger partial charge on any atom is 0.221 e. The second-order valence-electron chi connectivity index (χ2n) is 6.03. The molecule has 1 aliphatic rings. The Morgan fingerprint density at radius 1 is 1.22 bits per heavy atom. The molecule has 1 unspecified atom stereocenters. The molecule has 23 heavy (non-hydrogen) atoms. The van der Waals surface area contributed by atoms with Crippen molar-refractivity contribution in [3.63, 3.8) is 0 Å². The molecule has 0 bridgehead atoms. The number of aromatic hydroxyl groups is 1. The molecular weight excluding hydrogens is 290 g/mol. The van der Waals surface area contributed by atoms with E-state index in [9.17, 15) is 9.90 Å². The highest BCUT2D eigenvalue weighted by Gasteiger charge is 2.23. The lowest BCUT2D eigenvalue weighted by Crippen LogP contribution is -2.16. The predicted octanol–water partition coefficient (Wildman–Crippen LogP) is 3.63. The molecule has 0 radical (unpaired) electrons. The van der Waals surface area contributed by atoms with E-state index in [-0.39, 0.29) is 5.91 Å². The van der Waals surface area contributed by atoms with Crippen LogP contribution >= 0.6 is 0 Å². The van der Waals surface area contributed by atoms with Crippen molar-refractivity contribution in [2.45, 2.75) is 32.1 Å². The molecule has 0 saturated carbocycles. The summed E-state index contributed by atoms with van der Waals surface area (Å²) in [5.74, 6) is 1.32. The molecule has 0 saturated heterocycles. The normalized spacial score (nSPS) is 16.5. The third-order valence-electron chi connectivity index (χ3n) is 4.43. The van der Waals surface area contributed by atoms with E-state index < -0.39 is 0 Å². The first kappa shape index (κ1) is 15.4. The molecule has 4 heteroatoms. The van der Waals surface area contributed by atoms with Gasteiger partial charge in [-0.2, -0.15) is 0 Å². The van der Waals surface area contributed by atoms with Crippen molar-refractivity contribution in [3.05, 3.63) is 53.1 Å². The third-order valence-corrected chi connectivity index (χ3v) is 4.43. The summed E-state index contributed by atoms with van der Waals surface area (Å²) in [5, 5.41) is 12.5. The topological polar surface area (TPSA) is 58.6 Å². The fraction of sp³-hybridized carbons (Fsp3) is 0.316. The summed E-state index contributed by atoms with van der Waals surface area (Å²) in [6, 6.07) is 11.5. The van der Waals surface area contributed by atoms with Crippen molar-refractivity contribution >= 4 is 11.6 Å². The second kappa shape index (κ2) is 6.32. The smallest absolute Gasteiger partial charge is 0.221 e. The standard InChI is InChI=1S/C19H21NO3/c1-12(21)20-19-11-17(23-2)7-8-18(19)15-4-3-14-10-16(22)6-5-13(14)9-15/h5-8,10-11,15,22H,3-4,9H2,1-2H3,(H,20,21). The number of fused-ring (bicyclic) bond motifs is 1. The van der Waals surface area contributed by atoms with Gasteiger partial charge >= 0.3 is 0 Å². The lowest BCUT2D eigenvalue weighted by molar-refractivity contribution is -0.114. The molecule has 0 heterocycles. The van der Waals surface area contributed by atoms with E-state index in [1.54, 1.807) is 13.2 Å². The first-order valence-corrected chi connectivity index (χ1v) is 7.83. The quantitative estimate of drug-likeness (QED) is 0.910. The fourth-order valence-electron chi connectivity index (χ4n) is 3.32. The van der Waals surface area contributed by atoms with Crippen molar-refractivity contribution < 1.29 is 14.6 Å². The SMILES string of the molecule is COc1ccc(C2CCc3cc(O)ccc3C2)c(NC(C)=O)c1. The Balaban J connectivity index is 1.92. The molecular formula is C19H21NO3. The summed E-state index contributed by atoms with van der Waals surface area (Å²) in [6.45, 7) is 1.52. The van der Waals surface area contributed by atoms with Gasteiger partial charge in [0.2, 0.25) is 5.91 Å². The maximum atomic E-state index is 11.5. The number of anilines is 1. The van der Waals surface area contributed by atoms with Crippen LogP contribution < -0.4 is 10.1 Å². The van der Waals surface area contributed by atoms with E-state index >= 15 is 0 Å². The molecule has 0 spiro atoms. The summed E-state index contributed by atoms with van der Waals surface area (Å²) in [7, 11) is 1.62. The number of ether oxygens (including phenoxy) is 1. The average molecular weight is 311 g/mol. The highest BCUT2D eigenvalue weighted by molar-refractivity contribution is 5.90. The molecule has 2 aromatic carbocycles. The van der Waals surface area contributed by atoms with Crippen molar-refractivity contribution in [1.82, 2.24) is 0 Å². The molecule has 3 rings (SSSR count). The molecule has 1 amide bonds. The molecule has 120 valence electrons. The fourth-order valence-corrected chi connectivity index (χ4v) is 3.32. The number of phenolic OH excluding ortho intramolecular Hbond substituents is 1. The van der Waals surface area contributed by atoms with Crippen molar-refractivity contribution in [2.75, 3.05) is 12.4 Å². The number of phenols is 1. The Bertz CT molecular complexity index is 739. The highest BCUT2D eigenvalue weighted by Crippen LogP contribution is 2.38. The van der Waals surface area contributed by atoms with Gasteiger partial charge in [0, 0.05) is 18.7 Å². The van der Waals surface area contributed by atoms with Gasteiger partial charge in [-0.3, -0.25) is 4.79 Å². The van der Waals surface area contributed by atoms with Crippen LogP contribution in [0.2, 0.25) is 0 Å². The van der Waals surface area contributed by atoms with Gasteiger partial charge in [0.1, 0.15) is 11.5 Å². The zero-order chi connectivity index (χ0) is 16.4. The number of aryl methyl sites for hydroxylation is 1. The Kier molecular flexibility index (Phi) is 4.24. The summed E-state index contributed by atoms with van der Waals surface area (Å²) in [5.41, 5.74) is 4.45. The molecule has 0 aromatic heterocycles. The number of carbonyl (C=O) groups excluding carboxylic acids is 1. The van der Waals surface area contributed by atoms with Gasteiger partial charge in [0.05, 0.1) is 7.11 Å². The lowest BCUT2D eigenvalue weighted by Gasteiger charge is -2.27. The van der Waals surface area contributed by atoms with E-state index in [2.05, 4.69) is 5.32 Å². The van der Waals surface area contributed by atoms with Crippen molar-refractivity contribution in [1.29, 1.82) is 0 Å².